The molecule has 0 radical (unpaired) electrons. The maximum absolute atomic E-state index is 12.7. The van der Waals surface area contributed by atoms with Crippen LogP contribution in [0.15, 0.2) is 30.3 Å². The molecule has 24 heavy (non-hydrogen) atoms. The first kappa shape index (κ1) is 16.6. The smallest absolute Gasteiger partial charge is 0.254 e. The number of aryl methyl sites for hydroxylation is 1. The molecule has 1 aromatic heterocycles. The van der Waals surface area contributed by atoms with Gasteiger partial charge in [0.1, 0.15) is 6.04 Å². The number of rotatable bonds is 5. The summed E-state index contributed by atoms with van der Waals surface area (Å²) in [6.07, 6.45) is 2.29. The summed E-state index contributed by atoms with van der Waals surface area (Å²) in [4.78, 5) is 24.5. The minimum absolute atomic E-state index is 0.297. The second-order valence-corrected chi connectivity index (χ2v) is 6.68. The number of benzene rings is 1. The Balaban J connectivity index is 1.85. The molecule has 0 saturated heterocycles. The van der Waals surface area contributed by atoms with Crippen LogP contribution in [0, 0.1) is 13.8 Å². The van der Waals surface area contributed by atoms with E-state index < -0.39 is 11.9 Å². The highest BCUT2D eigenvalue weighted by molar-refractivity contribution is 6.30. The van der Waals surface area contributed by atoms with Gasteiger partial charge in [-0.15, -0.1) is 0 Å². The average Bonchev–Trinajstić information content (AvgIpc) is 3.31. The van der Waals surface area contributed by atoms with E-state index in [1.54, 1.807) is 24.3 Å². The Morgan fingerprint density at radius 1 is 1.25 bits per heavy atom. The average molecular weight is 346 g/mol. The van der Waals surface area contributed by atoms with Gasteiger partial charge in [0.2, 0.25) is 5.91 Å². The summed E-state index contributed by atoms with van der Waals surface area (Å²) < 4.78 is 2.19. The van der Waals surface area contributed by atoms with Crippen molar-refractivity contribution in [2.75, 3.05) is 0 Å². The van der Waals surface area contributed by atoms with Crippen molar-refractivity contribution in [3.05, 3.63) is 57.9 Å². The highest BCUT2D eigenvalue weighted by Crippen LogP contribution is 2.38. The van der Waals surface area contributed by atoms with Crippen molar-refractivity contribution in [3.63, 3.8) is 0 Å². The molecule has 2 amide bonds. The van der Waals surface area contributed by atoms with E-state index in [-0.39, 0.29) is 5.91 Å². The summed E-state index contributed by atoms with van der Waals surface area (Å²) in [6, 6.07) is 8.17. The van der Waals surface area contributed by atoms with Crippen molar-refractivity contribution in [3.8, 4) is 0 Å². The standard InChI is InChI=1S/C18H20ClN3O2/c1-10-9-15(11(2)22(10)14-7-8-14)18(24)21-16(17(20)23)12-3-5-13(19)6-4-12/h3-6,9,14,16H,7-8H2,1-2H3,(H2,20,23)(H,21,24)/t16-/m0/s1. The van der Waals surface area contributed by atoms with Crippen LogP contribution in [0.1, 0.15) is 52.2 Å². The number of nitrogens with zero attached hydrogens (tertiary/aromatic N) is 1. The van der Waals surface area contributed by atoms with Gasteiger partial charge in [-0.3, -0.25) is 9.59 Å². The SMILES string of the molecule is Cc1cc(C(=O)N[C@H](C(N)=O)c2ccc(Cl)cc2)c(C)n1C1CC1. The van der Waals surface area contributed by atoms with Crippen LogP contribution in [0.25, 0.3) is 0 Å². The van der Waals surface area contributed by atoms with Gasteiger partial charge in [0.25, 0.3) is 5.91 Å². The van der Waals surface area contributed by atoms with Crippen LogP contribution in [-0.4, -0.2) is 16.4 Å². The minimum atomic E-state index is -0.890. The molecular weight excluding hydrogens is 326 g/mol. The van der Waals surface area contributed by atoms with Crippen molar-refractivity contribution < 1.29 is 9.59 Å². The van der Waals surface area contributed by atoms with Crippen molar-refractivity contribution in [2.24, 2.45) is 5.73 Å². The van der Waals surface area contributed by atoms with Gasteiger partial charge >= 0.3 is 0 Å². The van der Waals surface area contributed by atoms with Crippen LogP contribution in [0.2, 0.25) is 5.02 Å². The third kappa shape index (κ3) is 3.17. The number of carbonyl (C=O) groups excluding carboxylic acids is 2. The fourth-order valence-corrected chi connectivity index (χ4v) is 3.21. The lowest BCUT2D eigenvalue weighted by atomic mass is 10.1. The predicted molar refractivity (Wildman–Crippen MR) is 93.0 cm³/mol. The number of amides is 2. The van der Waals surface area contributed by atoms with Crippen LogP contribution >= 0.6 is 11.6 Å². The second-order valence-electron chi connectivity index (χ2n) is 6.25. The maximum Gasteiger partial charge on any atom is 0.254 e. The minimum Gasteiger partial charge on any atom is -0.368 e. The third-order valence-electron chi connectivity index (χ3n) is 4.40. The lowest BCUT2D eigenvalue weighted by Crippen LogP contribution is -2.37. The third-order valence-corrected chi connectivity index (χ3v) is 4.66. The molecule has 1 atom stereocenters. The van der Waals surface area contributed by atoms with E-state index >= 15 is 0 Å². The zero-order chi connectivity index (χ0) is 17.4. The normalized spacial score (nSPS) is 15.1. The summed E-state index contributed by atoms with van der Waals surface area (Å²) in [5.41, 5.74) is 8.64. The van der Waals surface area contributed by atoms with Gasteiger partial charge in [-0.1, -0.05) is 23.7 Å². The van der Waals surface area contributed by atoms with E-state index in [2.05, 4.69) is 9.88 Å². The van der Waals surface area contributed by atoms with Gasteiger partial charge in [-0.2, -0.15) is 0 Å². The number of nitrogens with one attached hydrogen (secondary N) is 1. The highest BCUT2D eigenvalue weighted by atomic mass is 35.5. The molecule has 3 N–H and O–H groups in total. The Labute approximate surface area is 145 Å². The number of carbonyl (C=O) groups is 2. The van der Waals surface area contributed by atoms with Crippen LogP contribution < -0.4 is 11.1 Å². The van der Waals surface area contributed by atoms with Crippen molar-refractivity contribution in [1.82, 2.24) is 9.88 Å². The van der Waals surface area contributed by atoms with E-state index in [9.17, 15) is 9.59 Å². The lowest BCUT2D eigenvalue weighted by Gasteiger charge is -2.16. The number of hydrogen-bond acceptors (Lipinski definition) is 2. The molecule has 0 aliphatic heterocycles. The first-order valence-corrected chi connectivity index (χ1v) is 8.30. The van der Waals surface area contributed by atoms with Gasteiger partial charge in [-0.25, -0.2) is 0 Å². The molecular formula is C18H20ClN3O2. The Kier molecular flexibility index (Phi) is 4.37. The first-order valence-electron chi connectivity index (χ1n) is 7.92. The molecule has 2 aromatic rings. The Morgan fingerprint density at radius 2 is 1.88 bits per heavy atom. The summed E-state index contributed by atoms with van der Waals surface area (Å²) >= 11 is 5.87. The van der Waals surface area contributed by atoms with E-state index in [1.165, 1.54) is 0 Å². The molecule has 5 nitrogen and oxygen atoms in total. The van der Waals surface area contributed by atoms with E-state index in [0.29, 0.717) is 22.2 Å². The molecule has 1 aliphatic carbocycles. The molecule has 0 spiro atoms. The monoisotopic (exact) mass is 345 g/mol. The Bertz CT molecular complexity index is 791. The maximum atomic E-state index is 12.7. The fourth-order valence-electron chi connectivity index (χ4n) is 3.08. The number of primary amides is 1. The molecule has 0 bridgehead atoms. The van der Waals surface area contributed by atoms with Gasteiger partial charge in [-0.05, 0) is 50.5 Å². The zero-order valence-electron chi connectivity index (χ0n) is 13.7. The quantitative estimate of drug-likeness (QED) is 0.873. The van der Waals surface area contributed by atoms with E-state index in [0.717, 1.165) is 24.2 Å². The van der Waals surface area contributed by atoms with Gasteiger partial charge < -0.3 is 15.6 Å². The molecule has 3 rings (SSSR count). The number of nitrogens with two attached hydrogens (primary N) is 1. The number of hydrogen-bond donors (Lipinski definition) is 2. The van der Waals surface area contributed by atoms with Crippen LogP contribution in [0.5, 0.6) is 0 Å². The number of aromatic nitrogens is 1. The Morgan fingerprint density at radius 3 is 2.42 bits per heavy atom. The molecule has 1 fully saturated rings. The van der Waals surface area contributed by atoms with Crippen molar-refractivity contribution in [1.29, 1.82) is 0 Å². The van der Waals surface area contributed by atoms with Crippen molar-refractivity contribution >= 4 is 23.4 Å². The predicted octanol–water partition coefficient (Wildman–Crippen LogP) is 3.05. The second kappa shape index (κ2) is 6.32. The largest absolute Gasteiger partial charge is 0.368 e. The molecule has 1 aromatic carbocycles. The molecule has 1 saturated carbocycles. The highest BCUT2D eigenvalue weighted by Gasteiger charge is 2.29. The molecule has 126 valence electrons. The topological polar surface area (TPSA) is 77.1 Å². The fraction of sp³-hybridized carbons (Fsp3) is 0.333. The summed E-state index contributed by atoms with van der Waals surface area (Å²) in [7, 11) is 0. The van der Waals surface area contributed by atoms with Crippen LogP contribution in [0.3, 0.4) is 0 Å². The van der Waals surface area contributed by atoms with Crippen LogP contribution in [0.4, 0.5) is 0 Å². The zero-order valence-corrected chi connectivity index (χ0v) is 14.4. The van der Waals surface area contributed by atoms with Gasteiger partial charge in [0, 0.05) is 22.5 Å². The van der Waals surface area contributed by atoms with E-state index in [4.69, 9.17) is 17.3 Å². The first-order chi connectivity index (χ1) is 11.4. The lowest BCUT2D eigenvalue weighted by molar-refractivity contribution is -0.120. The van der Waals surface area contributed by atoms with Crippen molar-refractivity contribution in [2.45, 2.75) is 38.8 Å². The van der Waals surface area contributed by atoms with Gasteiger partial charge in [0.15, 0.2) is 0 Å². The molecule has 1 heterocycles. The van der Waals surface area contributed by atoms with E-state index in [1.807, 2.05) is 19.9 Å². The molecule has 1 aliphatic rings. The number of halogens is 1. The van der Waals surface area contributed by atoms with Gasteiger partial charge in [0.05, 0.1) is 5.56 Å². The van der Waals surface area contributed by atoms with Crippen LogP contribution in [-0.2, 0) is 4.79 Å². The molecule has 6 heteroatoms. The summed E-state index contributed by atoms with van der Waals surface area (Å²) in [6.45, 7) is 3.93. The molecule has 0 unspecified atom stereocenters. The Hall–Kier alpha value is -2.27. The summed E-state index contributed by atoms with van der Waals surface area (Å²) in [5.74, 6) is -0.907. The summed E-state index contributed by atoms with van der Waals surface area (Å²) in [5, 5.41) is 3.30.